The number of rotatable bonds is 6. The molecule has 0 saturated heterocycles. The third-order valence-electron chi connectivity index (χ3n) is 3.49. The number of hydrogen-bond donors (Lipinski definition) is 0. The Hall–Kier alpha value is -1.82. The Kier molecular flexibility index (Phi) is 5.56. The van der Waals surface area contributed by atoms with Crippen LogP contribution in [0.25, 0.3) is 5.69 Å². The van der Waals surface area contributed by atoms with E-state index >= 15 is 0 Å². The molecule has 1 heterocycles. The molecule has 0 unspecified atom stereocenters. The summed E-state index contributed by atoms with van der Waals surface area (Å²) in [5.74, 6) is 1.56. The summed E-state index contributed by atoms with van der Waals surface area (Å²) in [6, 6.07) is 16.1. The maximum absolute atomic E-state index is 6.06. The Morgan fingerprint density at radius 3 is 2.71 bits per heavy atom. The molecule has 0 spiro atoms. The van der Waals surface area contributed by atoms with E-state index in [1.165, 1.54) is 5.56 Å². The Labute approximate surface area is 150 Å². The second-order valence-electron chi connectivity index (χ2n) is 5.42. The summed E-state index contributed by atoms with van der Waals surface area (Å²) in [7, 11) is 1.66. The van der Waals surface area contributed by atoms with E-state index in [1.807, 2.05) is 28.8 Å². The number of hydrogen-bond acceptors (Lipinski definition) is 4. The first-order valence-electron chi connectivity index (χ1n) is 7.55. The van der Waals surface area contributed by atoms with Gasteiger partial charge in [0.05, 0.1) is 0 Å². The minimum atomic E-state index is 0.415. The summed E-state index contributed by atoms with van der Waals surface area (Å²) in [6.45, 7) is 2.49. The lowest BCUT2D eigenvalue weighted by Crippen LogP contribution is -2.04. The average molecular weight is 360 g/mol. The Morgan fingerprint density at radius 2 is 1.96 bits per heavy atom. The predicted octanol–water partition coefficient (Wildman–Crippen LogP) is 4.67. The van der Waals surface area contributed by atoms with Crippen LogP contribution in [0.4, 0.5) is 0 Å². The number of thioether (sulfide) groups is 1. The largest absolute Gasteiger partial charge is 0.377 e. The van der Waals surface area contributed by atoms with Gasteiger partial charge >= 0.3 is 0 Å². The lowest BCUT2D eigenvalue weighted by molar-refractivity contribution is 0.176. The van der Waals surface area contributed by atoms with Gasteiger partial charge in [-0.3, -0.25) is 4.57 Å². The highest BCUT2D eigenvalue weighted by Crippen LogP contribution is 2.26. The van der Waals surface area contributed by atoms with Gasteiger partial charge in [0.25, 0.3) is 0 Å². The van der Waals surface area contributed by atoms with Crippen LogP contribution in [0, 0.1) is 6.92 Å². The number of methoxy groups -OCH3 is 1. The van der Waals surface area contributed by atoms with Gasteiger partial charge in [-0.1, -0.05) is 47.6 Å². The summed E-state index contributed by atoms with van der Waals surface area (Å²) < 4.78 is 7.31. The van der Waals surface area contributed by atoms with E-state index in [1.54, 1.807) is 18.9 Å². The Bertz CT molecular complexity index is 835. The van der Waals surface area contributed by atoms with Gasteiger partial charge in [0.15, 0.2) is 11.0 Å². The van der Waals surface area contributed by atoms with Crippen molar-refractivity contribution in [1.29, 1.82) is 0 Å². The van der Waals surface area contributed by atoms with Crippen LogP contribution in [-0.2, 0) is 17.1 Å². The molecular weight excluding hydrogens is 342 g/mol. The highest BCUT2D eigenvalue weighted by Gasteiger charge is 2.14. The zero-order chi connectivity index (χ0) is 16.9. The maximum atomic E-state index is 6.06. The van der Waals surface area contributed by atoms with Crippen molar-refractivity contribution < 1.29 is 4.74 Å². The summed E-state index contributed by atoms with van der Waals surface area (Å²) in [5, 5.41) is 10.2. The first-order valence-corrected chi connectivity index (χ1v) is 8.91. The Morgan fingerprint density at radius 1 is 1.12 bits per heavy atom. The van der Waals surface area contributed by atoms with Gasteiger partial charge in [-0.2, -0.15) is 0 Å². The molecule has 3 rings (SSSR count). The van der Waals surface area contributed by atoms with E-state index in [9.17, 15) is 0 Å². The zero-order valence-corrected chi connectivity index (χ0v) is 15.1. The molecule has 0 bridgehead atoms. The van der Waals surface area contributed by atoms with Crippen LogP contribution in [0.2, 0.25) is 5.02 Å². The molecule has 3 aromatic rings. The molecule has 124 valence electrons. The maximum Gasteiger partial charge on any atom is 0.196 e. The van der Waals surface area contributed by atoms with Crippen molar-refractivity contribution in [2.75, 3.05) is 7.11 Å². The van der Waals surface area contributed by atoms with Gasteiger partial charge in [-0.05, 0) is 42.3 Å². The Balaban J connectivity index is 1.90. The smallest absolute Gasteiger partial charge is 0.196 e. The van der Waals surface area contributed by atoms with Crippen LogP contribution >= 0.6 is 23.4 Å². The average Bonchev–Trinajstić information content (AvgIpc) is 2.96. The minimum absolute atomic E-state index is 0.415. The van der Waals surface area contributed by atoms with Crippen molar-refractivity contribution in [1.82, 2.24) is 14.8 Å². The quantitative estimate of drug-likeness (QED) is 0.600. The number of aryl methyl sites for hydroxylation is 1. The molecule has 0 N–H and O–H groups in total. The molecule has 0 fully saturated rings. The summed E-state index contributed by atoms with van der Waals surface area (Å²) >= 11 is 7.69. The molecule has 1 aromatic heterocycles. The molecule has 0 atom stereocenters. The number of halogens is 1. The third-order valence-corrected chi connectivity index (χ3v) is 4.73. The molecule has 4 nitrogen and oxygen atoms in total. The van der Waals surface area contributed by atoms with Crippen LogP contribution in [0.1, 0.15) is 17.0 Å². The van der Waals surface area contributed by atoms with E-state index < -0.39 is 0 Å². The van der Waals surface area contributed by atoms with Crippen LogP contribution in [0.5, 0.6) is 0 Å². The molecule has 0 aliphatic rings. The molecule has 6 heteroatoms. The van der Waals surface area contributed by atoms with E-state index in [4.69, 9.17) is 16.3 Å². The van der Waals surface area contributed by atoms with Gasteiger partial charge < -0.3 is 4.74 Å². The fraction of sp³-hybridized carbons (Fsp3) is 0.222. The topological polar surface area (TPSA) is 39.9 Å². The van der Waals surface area contributed by atoms with Crippen molar-refractivity contribution in [2.45, 2.75) is 24.4 Å². The van der Waals surface area contributed by atoms with Gasteiger partial charge in [0.1, 0.15) is 6.61 Å². The zero-order valence-electron chi connectivity index (χ0n) is 13.6. The fourth-order valence-corrected chi connectivity index (χ4v) is 3.54. The van der Waals surface area contributed by atoms with Gasteiger partial charge in [0.2, 0.25) is 0 Å². The first kappa shape index (κ1) is 17.0. The molecule has 24 heavy (non-hydrogen) atoms. The third kappa shape index (κ3) is 3.98. The molecule has 2 aromatic carbocycles. The SMILES string of the molecule is COCc1nnc(SCc2cccc(Cl)c2)n1-c1cccc(C)c1. The standard InChI is InChI=1S/C18H18ClN3OS/c1-13-5-3-8-16(9-13)22-17(11-23-2)20-21-18(22)24-12-14-6-4-7-15(19)10-14/h3-10H,11-12H2,1-2H3. The first-order chi connectivity index (χ1) is 11.7. The van der Waals surface area contributed by atoms with Crippen molar-refractivity contribution in [2.24, 2.45) is 0 Å². The van der Waals surface area contributed by atoms with Crippen molar-refractivity contribution in [3.63, 3.8) is 0 Å². The van der Waals surface area contributed by atoms with Gasteiger partial charge in [-0.25, -0.2) is 0 Å². The van der Waals surface area contributed by atoms with E-state index in [0.29, 0.717) is 6.61 Å². The monoisotopic (exact) mass is 359 g/mol. The molecule has 0 saturated carbocycles. The van der Waals surface area contributed by atoms with Gasteiger partial charge in [0, 0.05) is 23.6 Å². The number of aromatic nitrogens is 3. The molecule has 0 aliphatic carbocycles. The number of nitrogens with zero attached hydrogens (tertiary/aromatic N) is 3. The molecule has 0 aliphatic heterocycles. The van der Waals surface area contributed by atoms with Crippen LogP contribution < -0.4 is 0 Å². The van der Waals surface area contributed by atoms with E-state index in [2.05, 4.69) is 41.4 Å². The van der Waals surface area contributed by atoms with Crippen molar-refractivity contribution in [3.8, 4) is 5.69 Å². The van der Waals surface area contributed by atoms with E-state index in [0.717, 1.165) is 33.0 Å². The number of benzene rings is 2. The number of ether oxygens (including phenoxy) is 1. The summed E-state index contributed by atoms with van der Waals surface area (Å²) in [5.41, 5.74) is 3.38. The van der Waals surface area contributed by atoms with Crippen molar-refractivity contribution in [3.05, 3.63) is 70.5 Å². The lowest BCUT2D eigenvalue weighted by Gasteiger charge is -2.10. The molecule has 0 radical (unpaired) electrons. The molecular formula is C18H18ClN3OS. The second kappa shape index (κ2) is 7.83. The lowest BCUT2D eigenvalue weighted by atomic mass is 10.2. The molecule has 0 amide bonds. The summed E-state index contributed by atoms with van der Waals surface area (Å²) in [6.07, 6.45) is 0. The normalized spacial score (nSPS) is 11.0. The second-order valence-corrected chi connectivity index (χ2v) is 6.80. The predicted molar refractivity (Wildman–Crippen MR) is 97.8 cm³/mol. The van der Waals surface area contributed by atoms with E-state index in [-0.39, 0.29) is 0 Å². The minimum Gasteiger partial charge on any atom is -0.377 e. The summed E-state index contributed by atoms with van der Waals surface area (Å²) in [4.78, 5) is 0. The highest BCUT2D eigenvalue weighted by molar-refractivity contribution is 7.98. The van der Waals surface area contributed by atoms with Crippen LogP contribution in [-0.4, -0.2) is 21.9 Å². The fourth-order valence-electron chi connectivity index (χ4n) is 2.42. The highest BCUT2D eigenvalue weighted by atomic mass is 35.5. The van der Waals surface area contributed by atoms with Gasteiger partial charge in [-0.15, -0.1) is 10.2 Å². The van der Waals surface area contributed by atoms with Crippen LogP contribution in [0.3, 0.4) is 0 Å². The van der Waals surface area contributed by atoms with Crippen molar-refractivity contribution >= 4 is 23.4 Å². The van der Waals surface area contributed by atoms with Crippen LogP contribution in [0.15, 0.2) is 53.7 Å².